The van der Waals surface area contributed by atoms with Crippen LogP contribution in [0.25, 0.3) is 0 Å². The molecule has 0 aliphatic carbocycles. The van der Waals surface area contributed by atoms with Crippen LogP contribution in [0.1, 0.15) is 24.1 Å². The largest absolute Gasteiger partial charge is 0.497 e. The van der Waals surface area contributed by atoms with E-state index >= 15 is 0 Å². The minimum Gasteiger partial charge on any atom is -0.497 e. The van der Waals surface area contributed by atoms with Gasteiger partial charge in [-0.05, 0) is 36.1 Å². The Morgan fingerprint density at radius 2 is 2.00 bits per heavy atom. The van der Waals surface area contributed by atoms with Gasteiger partial charge in [0.05, 0.1) is 25.9 Å². The maximum absolute atomic E-state index is 13.6. The second kappa shape index (κ2) is 13.1. The van der Waals surface area contributed by atoms with Crippen molar-refractivity contribution < 1.29 is 38.2 Å². The van der Waals surface area contributed by atoms with Crippen LogP contribution < -0.4 is 15.8 Å². The number of ether oxygens (including phenoxy) is 4. The van der Waals surface area contributed by atoms with Crippen molar-refractivity contribution >= 4 is 51.7 Å². The number of esters is 1. The molecular formula is C27H31N5O8S2. The number of carbonyl (C=O) groups excluding carboxylic acids is 3. The molecule has 2 amide bonds. The molecular weight excluding hydrogens is 586 g/mol. The number of amides is 2. The number of nitrogens with one attached hydrogen (secondary N) is 1. The standard InChI is InChI=1S/C27H31N5O8S2/c1-36-11-16-8-9-19(40-16)17-12-41-25-21(30-23(33)20(31-38-3)18-13-42-27(28)29-18)24(34)32(25)22(17)26(35)39-10-14-4-6-15(37-2)7-5-14/h4-7,13,16,19,21,25H,8-12H2,1-3H3,(H2,28,29)(H,30,33)/b31-20-/t16-,19+,21+,25+/m0/s1. The fraction of sp³-hybridized carbons (Fsp3) is 0.444. The van der Waals surface area contributed by atoms with Crippen LogP contribution in [0.2, 0.25) is 0 Å². The average molecular weight is 618 g/mol. The average Bonchev–Trinajstić information content (AvgIpc) is 3.65. The third kappa shape index (κ3) is 6.09. The number of nitrogen functional groups attached to an aromatic ring is 1. The molecule has 2 fully saturated rings. The number of oxime groups is 1. The molecule has 0 spiro atoms. The summed E-state index contributed by atoms with van der Waals surface area (Å²) in [6.45, 7) is 0.439. The number of fused-ring (bicyclic) bond motifs is 1. The van der Waals surface area contributed by atoms with E-state index in [2.05, 4.69) is 15.5 Å². The summed E-state index contributed by atoms with van der Waals surface area (Å²) in [6, 6.07) is 6.24. The fourth-order valence-electron chi connectivity index (χ4n) is 4.99. The summed E-state index contributed by atoms with van der Waals surface area (Å²) in [5, 5.41) is 7.80. The molecule has 224 valence electrons. The molecule has 4 atom stereocenters. The number of nitrogens with zero attached hydrogens (tertiary/aromatic N) is 3. The number of hydrogen-bond donors (Lipinski definition) is 2. The van der Waals surface area contributed by atoms with Crippen LogP contribution >= 0.6 is 23.1 Å². The summed E-state index contributed by atoms with van der Waals surface area (Å²) in [5.74, 6) is -0.638. The Morgan fingerprint density at radius 1 is 1.21 bits per heavy atom. The van der Waals surface area contributed by atoms with Crippen LogP contribution in [0.4, 0.5) is 5.13 Å². The van der Waals surface area contributed by atoms with Gasteiger partial charge in [0, 0.05) is 18.2 Å². The number of carbonyl (C=O) groups is 3. The number of nitrogens with two attached hydrogens (primary N) is 1. The maximum Gasteiger partial charge on any atom is 0.355 e. The summed E-state index contributed by atoms with van der Waals surface area (Å²) < 4.78 is 22.3. The number of aromatic nitrogens is 1. The van der Waals surface area contributed by atoms with E-state index in [0.717, 1.165) is 23.3 Å². The minimum atomic E-state index is -0.905. The van der Waals surface area contributed by atoms with E-state index in [4.69, 9.17) is 29.5 Å². The number of β-lactam (4-membered cyclic amide) rings is 1. The molecule has 0 unspecified atom stereocenters. The Bertz CT molecular complexity index is 1400. The van der Waals surface area contributed by atoms with Gasteiger partial charge in [0.25, 0.3) is 11.8 Å². The van der Waals surface area contributed by atoms with Gasteiger partial charge >= 0.3 is 5.97 Å². The van der Waals surface area contributed by atoms with Crippen LogP contribution in [-0.4, -0.2) is 90.7 Å². The maximum atomic E-state index is 13.6. The van der Waals surface area contributed by atoms with Gasteiger partial charge in [0.1, 0.15) is 42.3 Å². The summed E-state index contributed by atoms with van der Waals surface area (Å²) in [6.07, 6.45) is 0.975. The Labute approximate surface area is 250 Å². The number of hydrogen-bond acceptors (Lipinski definition) is 13. The zero-order chi connectivity index (χ0) is 29.8. The highest BCUT2D eigenvalue weighted by Gasteiger charge is 2.55. The topological polar surface area (TPSA) is 164 Å². The SMILES string of the molecule is COC[C@@H]1CC[C@H](C2=C(C(=O)OCc3ccc(OC)cc3)N3C(=O)[C@@H](NC(=O)/C(=N\OC)c4csc(N)n4)[C@H]3SC2)O1. The van der Waals surface area contributed by atoms with Crippen molar-refractivity contribution in [2.75, 3.05) is 39.4 Å². The number of methoxy groups -OCH3 is 2. The van der Waals surface area contributed by atoms with Crippen molar-refractivity contribution in [2.45, 2.75) is 43.1 Å². The number of anilines is 1. The number of benzene rings is 1. The van der Waals surface area contributed by atoms with E-state index in [9.17, 15) is 14.4 Å². The highest BCUT2D eigenvalue weighted by molar-refractivity contribution is 8.00. The van der Waals surface area contributed by atoms with Crippen LogP contribution in [0.3, 0.4) is 0 Å². The third-order valence-electron chi connectivity index (χ3n) is 7.02. The van der Waals surface area contributed by atoms with Crippen molar-refractivity contribution in [3.8, 4) is 5.75 Å². The second-order valence-electron chi connectivity index (χ2n) is 9.63. The van der Waals surface area contributed by atoms with Gasteiger partial charge in [-0.25, -0.2) is 9.78 Å². The molecule has 1 aromatic heterocycles. The van der Waals surface area contributed by atoms with Gasteiger partial charge in [-0.3, -0.25) is 14.5 Å². The molecule has 3 aliphatic rings. The van der Waals surface area contributed by atoms with Crippen molar-refractivity contribution in [3.05, 3.63) is 52.2 Å². The van der Waals surface area contributed by atoms with E-state index in [-0.39, 0.29) is 41.0 Å². The lowest BCUT2D eigenvalue weighted by atomic mass is 9.99. The predicted molar refractivity (Wildman–Crippen MR) is 155 cm³/mol. The molecule has 0 bridgehead atoms. The molecule has 5 rings (SSSR count). The number of rotatable bonds is 11. The second-order valence-corrected chi connectivity index (χ2v) is 11.6. The van der Waals surface area contributed by atoms with E-state index in [1.54, 1.807) is 43.9 Å². The summed E-state index contributed by atoms with van der Waals surface area (Å²) in [5.41, 5.74) is 7.43. The molecule has 2 saturated heterocycles. The summed E-state index contributed by atoms with van der Waals surface area (Å²) in [4.78, 5) is 50.6. The van der Waals surface area contributed by atoms with Crippen LogP contribution in [0.15, 0.2) is 46.1 Å². The van der Waals surface area contributed by atoms with Gasteiger partial charge in [0.15, 0.2) is 10.8 Å². The van der Waals surface area contributed by atoms with Crippen molar-refractivity contribution in [2.24, 2.45) is 5.16 Å². The molecule has 3 N–H and O–H groups in total. The minimum absolute atomic E-state index is 0.00501. The lowest BCUT2D eigenvalue weighted by molar-refractivity contribution is -0.153. The monoisotopic (exact) mass is 617 g/mol. The van der Waals surface area contributed by atoms with Gasteiger partial charge in [-0.15, -0.1) is 23.1 Å². The van der Waals surface area contributed by atoms with Gasteiger partial charge in [0.2, 0.25) is 0 Å². The van der Waals surface area contributed by atoms with Crippen molar-refractivity contribution in [3.63, 3.8) is 0 Å². The third-order valence-corrected chi connectivity index (χ3v) is 8.99. The number of thioether (sulfide) groups is 1. The molecule has 15 heteroatoms. The first-order valence-electron chi connectivity index (χ1n) is 13.1. The first-order valence-corrected chi connectivity index (χ1v) is 15.0. The lowest BCUT2D eigenvalue weighted by Crippen LogP contribution is -2.71. The van der Waals surface area contributed by atoms with Crippen LogP contribution in [0.5, 0.6) is 5.75 Å². The predicted octanol–water partition coefficient (Wildman–Crippen LogP) is 1.68. The lowest BCUT2D eigenvalue weighted by Gasteiger charge is -2.50. The first-order chi connectivity index (χ1) is 20.3. The molecule has 0 saturated carbocycles. The molecule has 4 heterocycles. The fourth-order valence-corrected chi connectivity index (χ4v) is 6.95. The first kappa shape index (κ1) is 29.8. The zero-order valence-electron chi connectivity index (χ0n) is 23.2. The Kier molecular flexibility index (Phi) is 9.30. The highest BCUT2D eigenvalue weighted by Crippen LogP contribution is 2.44. The van der Waals surface area contributed by atoms with E-state index < -0.39 is 29.2 Å². The molecule has 42 heavy (non-hydrogen) atoms. The van der Waals surface area contributed by atoms with Crippen LogP contribution in [0, 0.1) is 0 Å². The smallest absolute Gasteiger partial charge is 0.355 e. The normalized spacial score (nSPS) is 23.7. The van der Waals surface area contributed by atoms with Crippen LogP contribution in [-0.2, 0) is 40.0 Å². The van der Waals surface area contributed by atoms with E-state index in [1.165, 1.54) is 23.8 Å². The van der Waals surface area contributed by atoms with Crippen molar-refractivity contribution in [1.82, 2.24) is 15.2 Å². The Hall–Kier alpha value is -3.66. The highest BCUT2D eigenvalue weighted by atomic mass is 32.2. The Morgan fingerprint density at radius 3 is 2.67 bits per heavy atom. The zero-order valence-corrected chi connectivity index (χ0v) is 24.9. The molecule has 0 radical (unpaired) electrons. The quantitative estimate of drug-likeness (QED) is 0.163. The van der Waals surface area contributed by atoms with Gasteiger partial charge in [-0.2, -0.15) is 0 Å². The summed E-state index contributed by atoms with van der Waals surface area (Å²) in [7, 11) is 4.48. The molecule has 1 aromatic carbocycles. The number of thiazole rings is 1. The summed E-state index contributed by atoms with van der Waals surface area (Å²) >= 11 is 2.58. The molecule has 3 aliphatic heterocycles. The van der Waals surface area contributed by atoms with Crippen molar-refractivity contribution in [1.29, 1.82) is 0 Å². The van der Waals surface area contributed by atoms with Gasteiger partial charge < -0.3 is 34.8 Å². The van der Waals surface area contributed by atoms with E-state index in [1.807, 2.05) is 0 Å². The van der Waals surface area contributed by atoms with Gasteiger partial charge in [-0.1, -0.05) is 17.3 Å². The van der Waals surface area contributed by atoms with E-state index in [0.29, 0.717) is 30.1 Å². The molecule has 13 nitrogen and oxygen atoms in total. The Balaban J connectivity index is 1.35. The molecule has 2 aromatic rings.